The van der Waals surface area contributed by atoms with E-state index in [0.29, 0.717) is 0 Å². The van der Waals surface area contributed by atoms with Crippen LogP contribution in [0.3, 0.4) is 0 Å². The summed E-state index contributed by atoms with van der Waals surface area (Å²) in [4.78, 5) is 0. The number of rotatable bonds is 3. The zero-order valence-corrected chi connectivity index (χ0v) is 10.7. The van der Waals surface area contributed by atoms with Gasteiger partial charge in [-0.2, -0.15) is 0 Å². The number of hydrogen-bond donors (Lipinski definition) is 1. The lowest BCUT2D eigenvalue weighted by Gasteiger charge is -2.32. The van der Waals surface area contributed by atoms with Gasteiger partial charge in [-0.05, 0) is 44.2 Å². The van der Waals surface area contributed by atoms with Gasteiger partial charge in [0.05, 0.1) is 0 Å². The van der Waals surface area contributed by atoms with Crippen LogP contribution in [0.2, 0.25) is 0 Å². The summed E-state index contributed by atoms with van der Waals surface area (Å²) in [6.07, 6.45) is 3.84. The lowest BCUT2D eigenvalue weighted by molar-refractivity contribution is 0.311. The molecule has 0 saturated carbocycles. The Labute approximate surface area is 99.3 Å². The molecule has 0 bridgehead atoms. The van der Waals surface area contributed by atoms with Crippen molar-refractivity contribution in [3.05, 3.63) is 35.4 Å². The zero-order chi connectivity index (χ0) is 11.6. The smallest absolute Gasteiger partial charge is 0.0437 e. The molecule has 1 atom stereocenters. The highest BCUT2D eigenvalue weighted by Gasteiger charge is 2.35. The Morgan fingerprint density at radius 3 is 2.44 bits per heavy atom. The van der Waals surface area contributed by atoms with Crippen LogP contribution in [-0.4, -0.2) is 6.54 Å². The molecule has 1 fully saturated rings. The summed E-state index contributed by atoms with van der Waals surface area (Å²) in [7, 11) is 0. The Balaban J connectivity index is 2.28. The van der Waals surface area contributed by atoms with Crippen molar-refractivity contribution in [1.29, 1.82) is 0 Å². The molecular weight excluding hydrogens is 194 g/mol. The zero-order valence-electron chi connectivity index (χ0n) is 10.7. The van der Waals surface area contributed by atoms with Crippen LogP contribution >= 0.6 is 0 Å². The summed E-state index contributed by atoms with van der Waals surface area (Å²) in [6.45, 7) is 7.95. The third-order valence-corrected chi connectivity index (χ3v) is 3.60. The molecule has 1 aliphatic rings. The predicted molar refractivity (Wildman–Crippen MR) is 69.5 cm³/mol. The molecule has 2 rings (SSSR count). The fraction of sp³-hybridized carbons (Fsp3) is 0.600. The van der Waals surface area contributed by atoms with Crippen molar-refractivity contribution in [2.24, 2.45) is 5.92 Å². The second-order valence-electron chi connectivity index (χ2n) is 5.58. The highest BCUT2D eigenvalue weighted by molar-refractivity contribution is 5.29. The fourth-order valence-corrected chi connectivity index (χ4v) is 2.91. The maximum absolute atomic E-state index is 3.74. The van der Waals surface area contributed by atoms with Gasteiger partial charge in [-0.25, -0.2) is 0 Å². The number of hydrogen-bond acceptors (Lipinski definition) is 1. The summed E-state index contributed by atoms with van der Waals surface area (Å²) in [5.41, 5.74) is 3.08. The van der Waals surface area contributed by atoms with E-state index in [1.54, 1.807) is 0 Å². The Bertz CT molecular complexity index is 331. The van der Waals surface area contributed by atoms with Crippen LogP contribution in [0, 0.1) is 12.8 Å². The predicted octanol–water partition coefficient (Wildman–Crippen LogP) is 3.62. The van der Waals surface area contributed by atoms with E-state index in [4.69, 9.17) is 0 Å². The number of benzene rings is 1. The van der Waals surface area contributed by atoms with Gasteiger partial charge in [0.1, 0.15) is 0 Å². The minimum atomic E-state index is 0.252. The molecule has 16 heavy (non-hydrogen) atoms. The normalized spacial score (nSPS) is 25.2. The first-order valence-electron chi connectivity index (χ1n) is 6.44. The van der Waals surface area contributed by atoms with E-state index in [1.807, 2.05) is 0 Å². The van der Waals surface area contributed by atoms with Gasteiger partial charge >= 0.3 is 0 Å². The molecule has 0 spiro atoms. The van der Waals surface area contributed by atoms with E-state index in [9.17, 15) is 0 Å². The lowest BCUT2D eigenvalue weighted by Crippen LogP contribution is -2.38. The van der Waals surface area contributed by atoms with Gasteiger partial charge in [0.2, 0.25) is 0 Å². The average Bonchev–Trinajstić information content (AvgIpc) is 2.67. The topological polar surface area (TPSA) is 12.0 Å². The van der Waals surface area contributed by atoms with Crippen LogP contribution in [0.4, 0.5) is 0 Å². The highest BCUT2D eigenvalue weighted by Crippen LogP contribution is 2.36. The van der Waals surface area contributed by atoms with Crippen molar-refractivity contribution in [2.75, 3.05) is 6.54 Å². The monoisotopic (exact) mass is 217 g/mol. The quantitative estimate of drug-likeness (QED) is 0.815. The molecule has 0 amide bonds. The molecule has 1 unspecified atom stereocenters. The molecule has 1 nitrogen and oxygen atoms in total. The van der Waals surface area contributed by atoms with E-state index in [-0.39, 0.29) is 5.54 Å². The van der Waals surface area contributed by atoms with Crippen molar-refractivity contribution in [3.8, 4) is 0 Å². The van der Waals surface area contributed by atoms with Gasteiger partial charge in [0.15, 0.2) is 0 Å². The molecule has 1 heterocycles. The Hall–Kier alpha value is -0.820. The Morgan fingerprint density at radius 2 is 1.94 bits per heavy atom. The molecule has 1 aromatic carbocycles. The lowest BCUT2D eigenvalue weighted by atomic mass is 9.81. The second-order valence-corrected chi connectivity index (χ2v) is 5.58. The van der Waals surface area contributed by atoms with Crippen LogP contribution in [0.5, 0.6) is 0 Å². The Morgan fingerprint density at radius 1 is 1.25 bits per heavy atom. The van der Waals surface area contributed by atoms with Gasteiger partial charge in [0, 0.05) is 5.54 Å². The molecule has 0 aliphatic carbocycles. The minimum absolute atomic E-state index is 0.252. The molecule has 1 N–H and O–H groups in total. The molecule has 88 valence electrons. The van der Waals surface area contributed by atoms with Gasteiger partial charge in [-0.1, -0.05) is 43.7 Å². The van der Waals surface area contributed by atoms with Crippen LogP contribution < -0.4 is 5.32 Å². The molecule has 0 aromatic heterocycles. The van der Waals surface area contributed by atoms with Crippen molar-refractivity contribution in [3.63, 3.8) is 0 Å². The maximum Gasteiger partial charge on any atom is 0.0437 e. The first kappa shape index (κ1) is 11.7. The molecule has 1 saturated heterocycles. The van der Waals surface area contributed by atoms with E-state index in [0.717, 1.165) is 5.92 Å². The summed E-state index contributed by atoms with van der Waals surface area (Å²) in [5, 5.41) is 3.74. The van der Waals surface area contributed by atoms with Crippen LogP contribution in [0.25, 0.3) is 0 Å². The highest BCUT2D eigenvalue weighted by atomic mass is 15.0. The fourth-order valence-electron chi connectivity index (χ4n) is 2.91. The standard InChI is InChI=1S/C15H23N/c1-12(2)11-15(9-4-10-16-15)14-7-5-13(3)6-8-14/h5-8,12,16H,4,9-11H2,1-3H3. The molecular formula is C15H23N. The minimum Gasteiger partial charge on any atom is -0.307 e. The molecule has 0 radical (unpaired) electrons. The van der Waals surface area contributed by atoms with Crippen molar-refractivity contribution >= 4 is 0 Å². The van der Waals surface area contributed by atoms with Gasteiger partial charge < -0.3 is 5.32 Å². The number of nitrogens with one attached hydrogen (secondary N) is 1. The molecule has 1 aromatic rings. The maximum atomic E-state index is 3.74. The van der Waals surface area contributed by atoms with Gasteiger partial charge in [0.25, 0.3) is 0 Å². The summed E-state index contributed by atoms with van der Waals surface area (Å²) in [5.74, 6) is 0.743. The first-order chi connectivity index (χ1) is 7.62. The van der Waals surface area contributed by atoms with Gasteiger partial charge in [-0.3, -0.25) is 0 Å². The number of aryl methyl sites for hydroxylation is 1. The third kappa shape index (κ3) is 2.30. The van der Waals surface area contributed by atoms with E-state index in [1.165, 1.54) is 36.9 Å². The summed E-state index contributed by atoms with van der Waals surface area (Å²) >= 11 is 0. The van der Waals surface area contributed by atoms with Crippen molar-refractivity contribution in [1.82, 2.24) is 5.32 Å². The van der Waals surface area contributed by atoms with E-state index in [2.05, 4.69) is 50.4 Å². The van der Waals surface area contributed by atoms with Gasteiger partial charge in [-0.15, -0.1) is 0 Å². The summed E-state index contributed by atoms with van der Waals surface area (Å²) < 4.78 is 0. The third-order valence-electron chi connectivity index (χ3n) is 3.60. The largest absolute Gasteiger partial charge is 0.307 e. The van der Waals surface area contributed by atoms with Crippen molar-refractivity contribution in [2.45, 2.75) is 45.6 Å². The van der Waals surface area contributed by atoms with Crippen molar-refractivity contribution < 1.29 is 0 Å². The van der Waals surface area contributed by atoms with E-state index >= 15 is 0 Å². The van der Waals surface area contributed by atoms with Crippen LogP contribution in [0.15, 0.2) is 24.3 Å². The average molecular weight is 217 g/mol. The SMILES string of the molecule is Cc1ccc(C2(CC(C)C)CCCN2)cc1. The Kier molecular flexibility index (Phi) is 3.34. The second kappa shape index (κ2) is 4.58. The first-order valence-corrected chi connectivity index (χ1v) is 6.44. The van der Waals surface area contributed by atoms with E-state index < -0.39 is 0 Å². The summed E-state index contributed by atoms with van der Waals surface area (Å²) in [6, 6.07) is 9.07. The van der Waals surface area contributed by atoms with Crippen LogP contribution in [-0.2, 0) is 5.54 Å². The molecule has 1 aliphatic heterocycles. The van der Waals surface area contributed by atoms with Crippen LogP contribution in [0.1, 0.15) is 44.2 Å². The molecule has 1 heteroatoms.